The summed E-state index contributed by atoms with van der Waals surface area (Å²) in [5.74, 6) is 0.590. The van der Waals surface area contributed by atoms with Crippen LogP contribution in [-0.4, -0.2) is 42.2 Å². The molecule has 5 heteroatoms. The van der Waals surface area contributed by atoms with Gasteiger partial charge in [0.25, 0.3) is 0 Å². The maximum atomic E-state index is 6.45. The van der Waals surface area contributed by atoms with Crippen molar-refractivity contribution in [1.82, 2.24) is 14.5 Å². The molecule has 3 aromatic rings. The summed E-state index contributed by atoms with van der Waals surface area (Å²) < 4.78 is 8.78. The normalized spacial score (nSPS) is 15.6. The highest BCUT2D eigenvalue weighted by Gasteiger charge is 2.34. The van der Waals surface area contributed by atoms with Crippen molar-refractivity contribution in [3.05, 3.63) is 72.4 Å². The largest absolute Gasteiger partial charge is 0.464 e. The van der Waals surface area contributed by atoms with Gasteiger partial charge in [-0.2, -0.15) is 0 Å². The van der Waals surface area contributed by atoms with E-state index in [2.05, 4.69) is 97.1 Å². The van der Waals surface area contributed by atoms with Crippen LogP contribution in [-0.2, 0) is 6.54 Å². The first-order chi connectivity index (χ1) is 16.2. The Balaban J connectivity index is 1.44. The van der Waals surface area contributed by atoms with Gasteiger partial charge in [-0.05, 0) is 49.5 Å². The Morgan fingerprint density at radius 1 is 0.879 bits per heavy atom. The lowest BCUT2D eigenvalue weighted by Crippen LogP contribution is -2.49. The fraction of sp³-hybridized carbons (Fsp3) is 0.464. The molecule has 0 saturated carbocycles. The van der Waals surface area contributed by atoms with E-state index >= 15 is 0 Å². The van der Waals surface area contributed by atoms with Crippen molar-refractivity contribution in [2.24, 2.45) is 5.92 Å². The number of benzene rings is 2. The van der Waals surface area contributed by atoms with E-state index in [0.29, 0.717) is 5.92 Å². The highest BCUT2D eigenvalue weighted by Crippen LogP contribution is 2.26. The Labute approximate surface area is 200 Å². The lowest BCUT2D eigenvalue weighted by atomic mass is 9.97. The van der Waals surface area contributed by atoms with E-state index in [4.69, 9.17) is 9.72 Å². The summed E-state index contributed by atoms with van der Waals surface area (Å²) in [6, 6.07) is 25.9. The van der Waals surface area contributed by atoms with Crippen LogP contribution in [0.15, 0.2) is 66.9 Å². The van der Waals surface area contributed by atoms with Crippen LogP contribution in [0.1, 0.15) is 39.2 Å². The lowest BCUT2D eigenvalue weighted by Gasteiger charge is -2.32. The minimum absolute atomic E-state index is 0.590. The standard InChI is InChI=1S/C28H39N3OSi/c1-4-33(5-2,6-3)27-21-29-28(31(27)26-15-11-8-12-16-26)32-23-25-17-19-30(20-18-25)22-24-13-9-7-10-14-24/h7-16,21,25H,4-6,17-20,22-23H2,1-3H3. The van der Waals surface area contributed by atoms with Crippen LogP contribution in [0.5, 0.6) is 6.01 Å². The van der Waals surface area contributed by atoms with Gasteiger partial charge < -0.3 is 4.74 Å². The zero-order valence-electron chi connectivity index (χ0n) is 20.5. The predicted octanol–water partition coefficient (Wildman–Crippen LogP) is 5.88. The average molecular weight is 462 g/mol. The number of hydrogen-bond donors (Lipinski definition) is 0. The monoisotopic (exact) mass is 461 g/mol. The number of imidazole rings is 1. The van der Waals surface area contributed by atoms with Crippen LogP contribution >= 0.6 is 0 Å². The van der Waals surface area contributed by atoms with E-state index < -0.39 is 8.07 Å². The third kappa shape index (κ3) is 5.41. The molecule has 0 N–H and O–H groups in total. The Morgan fingerprint density at radius 3 is 2.09 bits per heavy atom. The van der Waals surface area contributed by atoms with Crippen molar-refractivity contribution >= 4 is 13.4 Å². The number of rotatable bonds is 10. The molecule has 0 amide bonds. The first-order valence-electron chi connectivity index (χ1n) is 12.7. The minimum atomic E-state index is -1.60. The van der Waals surface area contributed by atoms with E-state index in [0.717, 1.165) is 32.3 Å². The molecule has 4 rings (SSSR count). The molecule has 2 heterocycles. The number of nitrogens with zero attached hydrogens (tertiary/aromatic N) is 3. The molecule has 0 aliphatic carbocycles. The van der Waals surface area contributed by atoms with Gasteiger partial charge in [0.15, 0.2) is 0 Å². The summed E-state index contributed by atoms with van der Waals surface area (Å²) in [5.41, 5.74) is 2.57. The third-order valence-corrected chi connectivity index (χ3v) is 13.2. The van der Waals surface area contributed by atoms with E-state index in [9.17, 15) is 0 Å². The fourth-order valence-electron chi connectivity index (χ4n) is 5.28. The molecule has 0 atom stereocenters. The van der Waals surface area contributed by atoms with Gasteiger partial charge in [0, 0.05) is 23.7 Å². The Morgan fingerprint density at radius 2 is 1.48 bits per heavy atom. The molecule has 1 saturated heterocycles. The van der Waals surface area contributed by atoms with Crippen molar-refractivity contribution in [3.63, 3.8) is 0 Å². The second kappa shape index (κ2) is 11.2. The molecule has 0 radical (unpaired) electrons. The maximum Gasteiger partial charge on any atom is 0.300 e. The minimum Gasteiger partial charge on any atom is -0.464 e. The number of piperidine rings is 1. The van der Waals surface area contributed by atoms with Crippen molar-refractivity contribution < 1.29 is 4.74 Å². The van der Waals surface area contributed by atoms with Crippen LogP contribution < -0.4 is 10.1 Å². The molecule has 2 aromatic carbocycles. The molecule has 0 spiro atoms. The first-order valence-corrected chi connectivity index (χ1v) is 15.3. The highest BCUT2D eigenvalue weighted by atomic mass is 28.3. The SMILES string of the molecule is CC[Si](CC)(CC)c1cnc(OCC2CCN(Cc3ccccc3)CC2)n1-c1ccccc1. The van der Waals surface area contributed by atoms with Crippen LogP contribution in [0.2, 0.25) is 18.1 Å². The number of hydrogen-bond acceptors (Lipinski definition) is 3. The molecular formula is C28H39N3OSi. The van der Waals surface area contributed by atoms with E-state index in [1.54, 1.807) is 0 Å². The zero-order chi connectivity index (χ0) is 23.1. The zero-order valence-corrected chi connectivity index (χ0v) is 21.5. The average Bonchev–Trinajstić information content (AvgIpc) is 3.31. The van der Waals surface area contributed by atoms with Crippen molar-refractivity contribution in [3.8, 4) is 11.7 Å². The summed E-state index contributed by atoms with van der Waals surface area (Å²) >= 11 is 0. The van der Waals surface area contributed by atoms with E-state index in [1.807, 2.05) is 0 Å². The van der Waals surface area contributed by atoms with Crippen LogP contribution in [0.3, 0.4) is 0 Å². The second-order valence-electron chi connectivity index (χ2n) is 9.45. The van der Waals surface area contributed by atoms with Gasteiger partial charge in [-0.1, -0.05) is 87.4 Å². The molecular weight excluding hydrogens is 422 g/mol. The van der Waals surface area contributed by atoms with E-state index in [-0.39, 0.29) is 0 Å². The molecule has 1 aromatic heterocycles. The number of aromatic nitrogens is 2. The van der Waals surface area contributed by atoms with Gasteiger partial charge in [-0.3, -0.25) is 9.47 Å². The van der Waals surface area contributed by atoms with Crippen LogP contribution in [0, 0.1) is 5.92 Å². The van der Waals surface area contributed by atoms with Gasteiger partial charge >= 0.3 is 6.01 Å². The quantitative estimate of drug-likeness (QED) is 0.353. The summed E-state index contributed by atoms with van der Waals surface area (Å²) in [7, 11) is -1.60. The molecule has 0 bridgehead atoms. The Hall–Kier alpha value is -2.37. The second-order valence-corrected chi connectivity index (χ2v) is 14.6. The van der Waals surface area contributed by atoms with Gasteiger partial charge in [-0.25, -0.2) is 4.98 Å². The topological polar surface area (TPSA) is 30.3 Å². The Bertz CT molecular complexity index is 969. The molecule has 4 nitrogen and oxygen atoms in total. The number of para-hydroxylation sites is 1. The first kappa shape index (κ1) is 23.8. The molecule has 0 unspecified atom stereocenters. The van der Waals surface area contributed by atoms with Crippen molar-refractivity contribution in [2.75, 3.05) is 19.7 Å². The van der Waals surface area contributed by atoms with Crippen LogP contribution in [0.25, 0.3) is 5.69 Å². The Kier molecular flexibility index (Phi) is 8.05. The van der Waals surface area contributed by atoms with Crippen LogP contribution in [0.4, 0.5) is 0 Å². The van der Waals surface area contributed by atoms with Gasteiger partial charge in [0.1, 0.15) is 8.07 Å². The predicted molar refractivity (Wildman–Crippen MR) is 140 cm³/mol. The summed E-state index contributed by atoms with van der Waals surface area (Å²) in [6.45, 7) is 11.1. The number of ether oxygens (including phenoxy) is 1. The summed E-state index contributed by atoms with van der Waals surface area (Å²) in [6.07, 6.45) is 4.49. The van der Waals surface area contributed by atoms with Crippen molar-refractivity contribution in [1.29, 1.82) is 0 Å². The smallest absolute Gasteiger partial charge is 0.300 e. The van der Waals surface area contributed by atoms with Gasteiger partial charge in [-0.15, -0.1) is 0 Å². The van der Waals surface area contributed by atoms with Gasteiger partial charge in [0.2, 0.25) is 0 Å². The highest BCUT2D eigenvalue weighted by molar-refractivity contribution is 6.91. The molecule has 33 heavy (non-hydrogen) atoms. The van der Waals surface area contributed by atoms with Crippen molar-refractivity contribution in [2.45, 2.75) is 58.3 Å². The summed E-state index contributed by atoms with van der Waals surface area (Å²) in [4.78, 5) is 7.39. The summed E-state index contributed by atoms with van der Waals surface area (Å²) in [5, 5.41) is 1.41. The number of likely N-dealkylation sites (tertiary alicyclic amines) is 1. The fourth-order valence-corrected chi connectivity index (χ4v) is 8.90. The lowest BCUT2D eigenvalue weighted by molar-refractivity contribution is 0.131. The van der Waals surface area contributed by atoms with Gasteiger partial charge in [0.05, 0.1) is 6.61 Å². The molecule has 1 aliphatic heterocycles. The molecule has 1 fully saturated rings. The maximum absolute atomic E-state index is 6.45. The molecule has 176 valence electrons. The third-order valence-electron chi connectivity index (χ3n) is 7.72. The van der Waals surface area contributed by atoms with E-state index in [1.165, 1.54) is 47.5 Å². The molecule has 1 aliphatic rings.